The van der Waals surface area contributed by atoms with Crippen LogP contribution in [0.4, 0.5) is 0 Å². The first-order valence-electron chi connectivity index (χ1n) is 11.3. The molecule has 4 aromatic rings. The van der Waals surface area contributed by atoms with Crippen molar-refractivity contribution in [2.24, 2.45) is 0 Å². The molecule has 0 radical (unpaired) electrons. The number of nitrogens with one attached hydrogen (secondary N) is 1. The number of ketones is 2. The molecule has 0 saturated carbocycles. The molecule has 1 aromatic heterocycles. The van der Waals surface area contributed by atoms with E-state index in [1.54, 1.807) is 32.0 Å². The maximum atomic E-state index is 12.1. The van der Waals surface area contributed by atoms with Gasteiger partial charge in [-0.05, 0) is 74.7 Å². The highest BCUT2D eigenvalue weighted by molar-refractivity contribution is 6.31. The number of fused-ring (bicyclic) bond motifs is 1. The topological polar surface area (TPSA) is 131 Å². The van der Waals surface area contributed by atoms with Gasteiger partial charge >= 0.3 is 0 Å². The number of aromatic nitrogens is 1. The molecule has 3 aromatic carbocycles. The van der Waals surface area contributed by atoms with E-state index in [2.05, 4.69) is 4.98 Å². The molecular formula is C28H26ClNO6. The zero-order valence-corrected chi connectivity index (χ0v) is 21.0. The van der Waals surface area contributed by atoms with Gasteiger partial charge in [0, 0.05) is 45.6 Å². The predicted octanol–water partition coefficient (Wildman–Crippen LogP) is 5.85. The Morgan fingerprint density at radius 3 is 1.75 bits per heavy atom. The van der Waals surface area contributed by atoms with Crippen LogP contribution in [0.25, 0.3) is 10.9 Å². The van der Waals surface area contributed by atoms with Gasteiger partial charge in [0.05, 0.1) is 11.1 Å². The summed E-state index contributed by atoms with van der Waals surface area (Å²) >= 11 is 6.27. The standard InChI is InChI=1S/C28H26ClNO6/c1-12-7-17(14(3)31)27(35)21(25(12)33)10-20-19-9-16(29)5-6-23(19)30-24(20)11-22-26(34)13(2)8-18(15(4)32)28(22)36/h5-9,30,33-36H,10-11H2,1-4H3. The fourth-order valence-electron chi connectivity index (χ4n) is 4.59. The van der Waals surface area contributed by atoms with Gasteiger partial charge in [0.25, 0.3) is 0 Å². The van der Waals surface area contributed by atoms with E-state index in [0.717, 1.165) is 0 Å². The number of benzene rings is 3. The van der Waals surface area contributed by atoms with Crippen molar-refractivity contribution < 1.29 is 30.0 Å². The number of aryl methyl sites for hydroxylation is 2. The van der Waals surface area contributed by atoms with Crippen LogP contribution in [0.5, 0.6) is 23.0 Å². The molecule has 0 aliphatic heterocycles. The summed E-state index contributed by atoms with van der Waals surface area (Å²) in [5.74, 6) is -1.58. The zero-order valence-electron chi connectivity index (χ0n) is 20.3. The van der Waals surface area contributed by atoms with Gasteiger partial charge < -0.3 is 25.4 Å². The second-order valence-electron chi connectivity index (χ2n) is 9.07. The number of phenols is 4. The third-order valence-electron chi connectivity index (χ3n) is 6.54. The summed E-state index contributed by atoms with van der Waals surface area (Å²) in [5.41, 5.74) is 3.33. The normalized spacial score (nSPS) is 11.2. The molecular weight excluding hydrogens is 482 g/mol. The molecule has 36 heavy (non-hydrogen) atoms. The molecule has 0 fully saturated rings. The van der Waals surface area contributed by atoms with E-state index in [4.69, 9.17) is 11.6 Å². The number of H-pyrrole nitrogens is 1. The first-order valence-corrected chi connectivity index (χ1v) is 11.7. The highest BCUT2D eigenvalue weighted by Gasteiger charge is 2.24. The lowest BCUT2D eigenvalue weighted by molar-refractivity contribution is 0.100. The fourth-order valence-corrected chi connectivity index (χ4v) is 4.76. The quantitative estimate of drug-likeness (QED) is 0.208. The van der Waals surface area contributed by atoms with E-state index in [1.165, 1.54) is 26.0 Å². The summed E-state index contributed by atoms with van der Waals surface area (Å²) < 4.78 is 0. The van der Waals surface area contributed by atoms with Crippen molar-refractivity contribution in [3.05, 3.63) is 80.0 Å². The SMILES string of the molecule is CC(=O)c1cc(C)c(O)c(Cc2[nH]c3ccc(Cl)cc3c2Cc2c(O)c(C)cc(C(C)=O)c2O)c1O. The van der Waals surface area contributed by atoms with E-state index in [-0.39, 0.29) is 69.7 Å². The molecule has 5 N–H and O–H groups in total. The molecule has 0 spiro atoms. The van der Waals surface area contributed by atoms with E-state index in [9.17, 15) is 30.0 Å². The van der Waals surface area contributed by atoms with Crippen molar-refractivity contribution in [3.8, 4) is 23.0 Å². The third kappa shape index (κ3) is 4.27. The average Bonchev–Trinajstić information content (AvgIpc) is 3.14. The molecule has 0 amide bonds. The molecule has 8 heteroatoms. The lowest BCUT2D eigenvalue weighted by atomic mass is 9.92. The molecule has 4 rings (SSSR count). The summed E-state index contributed by atoms with van der Waals surface area (Å²) in [7, 11) is 0. The van der Waals surface area contributed by atoms with Crippen molar-refractivity contribution in [1.29, 1.82) is 0 Å². The summed E-state index contributed by atoms with van der Waals surface area (Å²) in [6.07, 6.45) is 0.0520. The van der Waals surface area contributed by atoms with Gasteiger partial charge in [0.1, 0.15) is 23.0 Å². The van der Waals surface area contributed by atoms with Gasteiger partial charge in [-0.15, -0.1) is 0 Å². The number of halogens is 1. The van der Waals surface area contributed by atoms with Crippen LogP contribution in [0.15, 0.2) is 30.3 Å². The Kier molecular flexibility index (Phi) is 6.45. The summed E-state index contributed by atoms with van der Waals surface area (Å²) in [6.45, 7) is 5.95. The molecule has 0 saturated heterocycles. The second kappa shape index (κ2) is 9.24. The molecule has 0 atom stereocenters. The van der Waals surface area contributed by atoms with E-state index in [1.807, 2.05) is 0 Å². The number of hydrogen-bond donors (Lipinski definition) is 5. The molecule has 0 aliphatic rings. The van der Waals surface area contributed by atoms with Gasteiger partial charge in [0.15, 0.2) is 11.6 Å². The minimum absolute atomic E-state index is 0.0220. The van der Waals surface area contributed by atoms with Gasteiger partial charge in [-0.2, -0.15) is 0 Å². The van der Waals surface area contributed by atoms with E-state index >= 15 is 0 Å². The second-order valence-corrected chi connectivity index (χ2v) is 9.51. The van der Waals surface area contributed by atoms with Crippen molar-refractivity contribution in [1.82, 2.24) is 4.98 Å². The molecule has 0 bridgehead atoms. The van der Waals surface area contributed by atoms with Crippen molar-refractivity contribution in [2.45, 2.75) is 40.5 Å². The molecule has 186 valence electrons. The molecule has 0 aliphatic carbocycles. The highest BCUT2D eigenvalue weighted by atomic mass is 35.5. The van der Waals surface area contributed by atoms with Gasteiger partial charge in [-0.3, -0.25) is 9.59 Å². The van der Waals surface area contributed by atoms with Crippen molar-refractivity contribution >= 4 is 34.1 Å². The average molecular weight is 508 g/mol. The van der Waals surface area contributed by atoms with Crippen LogP contribution in [-0.4, -0.2) is 37.0 Å². The Morgan fingerprint density at radius 1 is 0.750 bits per heavy atom. The van der Waals surface area contributed by atoms with Crippen LogP contribution in [0.3, 0.4) is 0 Å². The summed E-state index contributed by atoms with van der Waals surface area (Å²) in [6, 6.07) is 8.10. The van der Waals surface area contributed by atoms with Gasteiger partial charge in [-0.1, -0.05) is 11.6 Å². The Balaban J connectivity index is 1.95. The minimum atomic E-state index is -0.342. The van der Waals surface area contributed by atoms with E-state index in [0.29, 0.717) is 38.3 Å². The van der Waals surface area contributed by atoms with Crippen molar-refractivity contribution in [3.63, 3.8) is 0 Å². The van der Waals surface area contributed by atoms with E-state index < -0.39 is 0 Å². The lowest BCUT2D eigenvalue weighted by Gasteiger charge is -2.15. The monoisotopic (exact) mass is 507 g/mol. The predicted molar refractivity (Wildman–Crippen MR) is 138 cm³/mol. The van der Waals surface area contributed by atoms with Crippen LogP contribution in [0, 0.1) is 13.8 Å². The number of phenolic OH excluding ortho intramolecular Hbond substituents is 4. The number of hydrogen-bond acceptors (Lipinski definition) is 6. The molecule has 0 unspecified atom stereocenters. The third-order valence-corrected chi connectivity index (χ3v) is 6.78. The number of rotatable bonds is 6. The number of carbonyl (C=O) groups is 2. The Hall–Kier alpha value is -3.97. The number of carbonyl (C=O) groups excluding carboxylic acids is 2. The first-order chi connectivity index (χ1) is 16.9. The summed E-state index contributed by atoms with van der Waals surface area (Å²) in [4.78, 5) is 27.4. The summed E-state index contributed by atoms with van der Waals surface area (Å²) in [5, 5.41) is 44.4. The lowest BCUT2D eigenvalue weighted by Crippen LogP contribution is -2.03. The van der Waals surface area contributed by atoms with Crippen LogP contribution >= 0.6 is 11.6 Å². The largest absolute Gasteiger partial charge is 0.507 e. The molecule has 1 heterocycles. The maximum Gasteiger partial charge on any atom is 0.163 e. The molecule has 7 nitrogen and oxygen atoms in total. The van der Waals surface area contributed by atoms with Crippen LogP contribution < -0.4 is 0 Å². The maximum absolute atomic E-state index is 12.1. The zero-order chi connectivity index (χ0) is 26.5. The fraction of sp³-hybridized carbons (Fsp3) is 0.214. The number of Topliss-reactive ketones (excluding diaryl/α,β-unsaturated/α-hetero) is 2. The first kappa shape index (κ1) is 25.1. The van der Waals surface area contributed by atoms with Gasteiger partial charge in [-0.25, -0.2) is 0 Å². The van der Waals surface area contributed by atoms with Crippen LogP contribution in [0.2, 0.25) is 5.02 Å². The smallest absolute Gasteiger partial charge is 0.163 e. The van der Waals surface area contributed by atoms with Crippen LogP contribution in [-0.2, 0) is 12.8 Å². The highest BCUT2D eigenvalue weighted by Crippen LogP contribution is 2.41. The number of aromatic amines is 1. The number of aromatic hydroxyl groups is 4. The minimum Gasteiger partial charge on any atom is -0.507 e. The Bertz CT molecular complexity index is 1570. The Labute approximate surface area is 212 Å². The van der Waals surface area contributed by atoms with Crippen molar-refractivity contribution in [2.75, 3.05) is 0 Å². The van der Waals surface area contributed by atoms with Gasteiger partial charge in [0.2, 0.25) is 0 Å². The van der Waals surface area contributed by atoms with Crippen LogP contribution in [0.1, 0.15) is 68.1 Å². The Morgan fingerprint density at radius 2 is 1.25 bits per heavy atom.